The molecule has 0 aromatic heterocycles. The summed E-state index contributed by atoms with van der Waals surface area (Å²) in [5.41, 5.74) is 8.68. The number of fused-ring (bicyclic) bond motifs is 8. The fourth-order valence-electron chi connectivity index (χ4n) is 7.19. The first kappa shape index (κ1) is 25.5. The van der Waals surface area contributed by atoms with Crippen molar-refractivity contribution in [1.82, 2.24) is 0 Å². The van der Waals surface area contributed by atoms with Crippen LogP contribution in [0, 0.1) is 0 Å². The second-order valence-electron chi connectivity index (χ2n) is 12.0. The van der Waals surface area contributed by atoms with Crippen LogP contribution in [0.15, 0.2) is 140 Å². The molecule has 0 saturated heterocycles. The van der Waals surface area contributed by atoms with Gasteiger partial charge in [-0.1, -0.05) is 153 Å². The molecule has 2 aliphatic rings. The Morgan fingerprint density at radius 1 is 0.605 bits per heavy atom. The predicted molar refractivity (Wildman–Crippen MR) is 175 cm³/mol. The van der Waals surface area contributed by atoms with E-state index in [4.69, 9.17) is 4.74 Å². The molecule has 2 nitrogen and oxygen atoms in total. The van der Waals surface area contributed by atoms with Gasteiger partial charge >= 0.3 is 0 Å². The van der Waals surface area contributed by atoms with Crippen LogP contribution in [0.1, 0.15) is 57.6 Å². The summed E-state index contributed by atoms with van der Waals surface area (Å²) in [5, 5.41) is 2.31. The fraction of sp³-hybridized carbons (Fsp3) is 0.0976. The number of hydrogen-bond acceptors (Lipinski definition) is 2. The van der Waals surface area contributed by atoms with Gasteiger partial charge in [0, 0.05) is 38.6 Å². The summed E-state index contributed by atoms with van der Waals surface area (Å²) in [5.74, 6) is 0.903. The molecule has 8 rings (SSSR count). The molecule has 0 saturated carbocycles. The quantitative estimate of drug-likeness (QED) is 0.203. The van der Waals surface area contributed by atoms with Gasteiger partial charge in [0.15, 0.2) is 11.4 Å². The van der Waals surface area contributed by atoms with Crippen molar-refractivity contribution in [3.8, 4) is 16.9 Å². The van der Waals surface area contributed by atoms with Crippen molar-refractivity contribution in [3.63, 3.8) is 0 Å². The molecule has 1 heterocycles. The fourth-order valence-corrected chi connectivity index (χ4v) is 7.19. The largest absolute Gasteiger partial charge is 0.472 e. The smallest absolute Gasteiger partial charge is 0.193 e. The Morgan fingerprint density at radius 2 is 1.19 bits per heavy atom. The standard InChI is InChI=1S/C41H30O2/c1-40(2)35-20-12-11-19-33(35)36-31-17-9-10-18-32(31)39-34(37(36)40)25-26-41(43-39,29-15-7-4-8-16-29)30-23-21-28(22-24-30)38(42)27-13-5-3-6-14-27/h3-26H,1-2H3. The van der Waals surface area contributed by atoms with E-state index < -0.39 is 5.60 Å². The van der Waals surface area contributed by atoms with Gasteiger partial charge in [0.1, 0.15) is 5.75 Å². The Kier molecular flexibility index (Phi) is 5.58. The lowest BCUT2D eigenvalue weighted by Gasteiger charge is -2.38. The third kappa shape index (κ3) is 3.69. The molecule has 0 amide bonds. The van der Waals surface area contributed by atoms with E-state index in [2.05, 4.69) is 98.8 Å². The summed E-state index contributed by atoms with van der Waals surface area (Å²) in [6, 6.07) is 45.1. The van der Waals surface area contributed by atoms with Crippen LogP contribution in [0.2, 0.25) is 0 Å². The minimum Gasteiger partial charge on any atom is -0.472 e. The lowest BCUT2D eigenvalue weighted by Crippen LogP contribution is -2.35. The number of carbonyl (C=O) groups is 1. The van der Waals surface area contributed by atoms with Gasteiger partial charge in [-0.25, -0.2) is 0 Å². The minimum absolute atomic E-state index is 0.00900. The SMILES string of the molecule is CC1(C)c2ccccc2-c2c1c1c(c3ccccc23)OC(c2ccccc2)(c2ccc(C(=O)c3ccccc3)cc2)C=C1. The van der Waals surface area contributed by atoms with E-state index in [9.17, 15) is 4.79 Å². The molecule has 0 spiro atoms. The highest BCUT2D eigenvalue weighted by Crippen LogP contribution is 2.57. The maximum absolute atomic E-state index is 13.2. The van der Waals surface area contributed by atoms with E-state index in [0.717, 1.165) is 27.8 Å². The van der Waals surface area contributed by atoms with Crippen LogP contribution in [0.25, 0.3) is 28.0 Å². The number of rotatable bonds is 4. The number of carbonyl (C=O) groups excluding carboxylic acids is 1. The number of hydrogen-bond donors (Lipinski definition) is 0. The average Bonchev–Trinajstić information content (AvgIpc) is 3.32. The highest BCUT2D eigenvalue weighted by Gasteiger charge is 2.44. The summed E-state index contributed by atoms with van der Waals surface area (Å²) in [6.07, 6.45) is 4.47. The minimum atomic E-state index is -0.866. The summed E-state index contributed by atoms with van der Waals surface area (Å²) < 4.78 is 7.34. The Hall–Kier alpha value is -5.21. The van der Waals surface area contributed by atoms with Gasteiger partial charge in [-0.15, -0.1) is 0 Å². The van der Waals surface area contributed by atoms with Crippen LogP contribution in [-0.4, -0.2) is 5.78 Å². The molecule has 6 aromatic carbocycles. The number of ketones is 1. The highest BCUT2D eigenvalue weighted by atomic mass is 16.5. The van der Waals surface area contributed by atoms with E-state index in [-0.39, 0.29) is 11.2 Å². The second kappa shape index (κ2) is 9.40. The van der Waals surface area contributed by atoms with Crippen molar-refractivity contribution < 1.29 is 9.53 Å². The molecule has 1 aliphatic carbocycles. The maximum Gasteiger partial charge on any atom is 0.193 e. The molecule has 43 heavy (non-hydrogen) atoms. The normalized spacial score (nSPS) is 17.5. The number of benzene rings is 6. The summed E-state index contributed by atoms with van der Waals surface area (Å²) in [4.78, 5) is 13.2. The summed E-state index contributed by atoms with van der Waals surface area (Å²) in [7, 11) is 0. The van der Waals surface area contributed by atoms with Crippen molar-refractivity contribution in [1.29, 1.82) is 0 Å². The van der Waals surface area contributed by atoms with Crippen molar-refractivity contribution in [2.45, 2.75) is 24.9 Å². The molecular formula is C41H30O2. The van der Waals surface area contributed by atoms with Gasteiger partial charge in [0.2, 0.25) is 0 Å². The first-order chi connectivity index (χ1) is 21.0. The Balaban J connectivity index is 1.34. The van der Waals surface area contributed by atoms with Crippen LogP contribution in [0.3, 0.4) is 0 Å². The average molecular weight is 555 g/mol. The van der Waals surface area contributed by atoms with Crippen LogP contribution < -0.4 is 4.74 Å². The van der Waals surface area contributed by atoms with Gasteiger partial charge < -0.3 is 4.74 Å². The van der Waals surface area contributed by atoms with Crippen molar-refractivity contribution in [2.24, 2.45) is 0 Å². The van der Waals surface area contributed by atoms with Gasteiger partial charge in [0.25, 0.3) is 0 Å². The molecule has 1 atom stereocenters. The maximum atomic E-state index is 13.2. The lowest BCUT2D eigenvalue weighted by atomic mass is 9.76. The Labute approximate surface area is 251 Å². The highest BCUT2D eigenvalue weighted by molar-refractivity contribution is 6.09. The second-order valence-corrected chi connectivity index (χ2v) is 12.0. The third-order valence-corrected chi connectivity index (χ3v) is 9.26. The van der Waals surface area contributed by atoms with Crippen LogP contribution in [-0.2, 0) is 11.0 Å². The Bertz CT molecular complexity index is 2070. The first-order valence-corrected chi connectivity index (χ1v) is 14.8. The zero-order valence-electron chi connectivity index (χ0n) is 24.2. The third-order valence-electron chi connectivity index (χ3n) is 9.26. The van der Waals surface area contributed by atoms with E-state index >= 15 is 0 Å². The van der Waals surface area contributed by atoms with Crippen LogP contribution in [0.4, 0.5) is 0 Å². The summed E-state index contributed by atoms with van der Waals surface area (Å²) >= 11 is 0. The Morgan fingerprint density at radius 3 is 1.93 bits per heavy atom. The van der Waals surface area contributed by atoms with Gasteiger partial charge in [0.05, 0.1) is 0 Å². The van der Waals surface area contributed by atoms with E-state index in [1.807, 2.05) is 60.7 Å². The van der Waals surface area contributed by atoms with E-state index in [1.54, 1.807) is 0 Å². The van der Waals surface area contributed by atoms with Gasteiger partial charge in [-0.3, -0.25) is 4.79 Å². The predicted octanol–water partition coefficient (Wildman–Crippen LogP) is 9.73. The molecule has 0 bridgehead atoms. The topological polar surface area (TPSA) is 26.3 Å². The molecule has 1 aliphatic heterocycles. The monoisotopic (exact) mass is 554 g/mol. The van der Waals surface area contributed by atoms with Gasteiger partial charge in [-0.2, -0.15) is 0 Å². The first-order valence-electron chi connectivity index (χ1n) is 14.8. The molecule has 2 heteroatoms. The number of ether oxygens (including phenoxy) is 1. The van der Waals surface area contributed by atoms with Crippen molar-refractivity contribution >= 4 is 22.6 Å². The molecule has 6 aromatic rings. The zero-order valence-corrected chi connectivity index (χ0v) is 24.2. The molecule has 0 N–H and O–H groups in total. The molecule has 0 fully saturated rings. The molecule has 0 radical (unpaired) electrons. The lowest BCUT2D eigenvalue weighted by molar-refractivity contribution is 0.103. The van der Waals surface area contributed by atoms with Crippen LogP contribution >= 0.6 is 0 Å². The zero-order chi connectivity index (χ0) is 29.2. The summed E-state index contributed by atoms with van der Waals surface area (Å²) in [6.45, 7) is 4.64. The molecule has 206 valence electrons. The van der Waals surface area contributed by atoms with E-state index in [0.29, 0.717) is 11.1 Å². The molecule has 1 unspecified atom stereocenters. The van der Waals surface area contributed by atoms with Crippen molar-refractivity contribution in [2.75, 3.05) is 0 Å². The molecular weight excluding hydrogens is 524 g/mol. The van der Waals surface area contributed by atoms with Gasteiger partial charge in [-0.05, 0) is 33.7 Å². The van der Waals surface area contributed by atoms with E-state index in [1.165, 1.54) is 27.6 Å². The van der Waals surface area contributed by atoms with Crippen molar-refractivity contribution in [3.05, 3.63) is 178 Å². The van der Waals surface area contributed by atoms with Crippen LogP contribution in [0.5, 0.6) is 5.75 Å².